The monoisotopic (exact) mass is 296 g/mol. The fourth-order valence-corrected chi connectivity index (χ4v) is 2.40. The Hall–Kier alpha value is -2.15. The van der Waals surface area contributed by atoms with E-state index in [2.05, 4.69) is 5.32 Å². The normalized spacial score (nSPS) is 17.8. The summed E-state index contributed by atoms with van der Waals surface area (Å²) in [7, 11) is 0. The number of carbonyl (C=O) groups excluding carboxylic acids is 1. The van der Waals surface area contributed by atoms with Gasteiger partial charge in [0.15, 0.2) is 0 Å². The van der Waals surface area contributed by atoms with Crippen molar-refractivity contribution in [3.8, 4) is 0 Å². The number of carbonyl (C=O) groups is 2. The van der Waals surface area contributed by atoms with Crippen molar-refractivity contribution >= 4 is 17.7 Å². The third-order valence-electron chi connectivity index (χ3n) is 3.56. The topological polar surface area (TPSA) is 89.9 Å². The summed E-state index contributed by atoms with van der Waals surface area (Å²) in [6.07, 6.45) is 1.49. The number of nitrogens with zero attached hydrogens (tertiary/aromatic N) is 1. The fraction of sp³-hybridized carbons (Fsp3) is 0.429. The van der Waals surface area contributed by atoms with Crippen molar-refractivity contribution in [1.29, 1.82) is 0 Å². The molecule has 0 aliphatic carbocycles. The Balaban J connectivity index is 1.97. The third-order valence-corrected chi connectivity index (χ3v) is 3.56. The average molecular weight is 296 g/mol. The predicted octanol–water partition coefficient (Wildman–Crippen LogP) is 1.76. The maximum atomic E-state index is 13.5. The molecule has 0 spiro atoms. The number of nitrogens with one attached hydrogen (secondary N) is 1. The molecular formula is C14H17FN2O4. The first-order chi connectivity index (χ1) is 10.0. The van der Waals surface area contributed by atoms with Gasteiger partial charge in [-0.3, -0.25) is 0 Å². The number of hydrogen-bond acceptors (Lipinski definition) is 3. The van der Waals surface area contributed by atoms with Crippen molar-refractivity contribution in [2.75, 3.05) is 25.0 Å². The second-order valence-electron chi connectivity index (χ2n) is 5.04. The fourth-order valence-electron chi connectivity index (χ4n) is 2.40. The maximum absolute atomic E-state index is 13.5. The largest absolute Gasteiger partial charge is 0.478 e. The molecule has 1 aromatic rings. The number of rotatable bonds is 4. The minimum absolute atomic E-state index is 0.0992. The lowest BCUT2D eigenvalue weighted by Crippen LogP contribution is -2.33. The number of aliphatic hydroxyl groups excluding tert-OH is 1. The molecule has 6 nitrogen and oxygen atoms in total. The molecule has 114 valence electrons. The molecular weight excluding hydrogens is 279 g/mol. The summed E-state index contributed by atoms with van der Waals surface area (Å²) in [5.41, 5.74) is -0.217. The summed E-state index contributed by atoms with van der Waals surface area (Å²) in [5.74, 6) is -1.96. The molecule has 1 saturated heterocycles. The van der Waals surface area contributed by atoms with Gasteiger partial charge in [-0.15, -0.1) is 0 Å². The van der Waals surface area contributed by atoms with Crippen molar-refractivity contribution in [3.05, 3.63) is 29.6 Å². The van der Waals surface area contributed by atoms with Crippen LogP contribution >= 0.6 is 0 Å². The van der Waals surface area contributed by atoms with Crippen molar-refractivity contribution < 1.29 is 24.2 Å². The summed E-state index contributed by atoms with van der Waals surface area (Å²) >= 11 is 0. The van der Waals surface area contributed by atoms with Crippen LogP contribution in [0.4, 0.5) is 14.9 Å². The van der Waals surface area contributed by atoms with Crippen LogP contribution in [0.25, 0.3) is 0 Å². The van der Waals surface area contributed by atoms with Gasteiger partial charge < -0.3 is 20.4 Å². The minimum Gasteiger partial charge on any atom is -0.478 e. The van der Waals surface area contributed by atoms with Crippen LogP contribution in [0.5, 0.6) is 0 Å². The van der Waals surface area contributed by atoms with Crippen LogP contribution in [-0.4, -0.2) is 46.8 Å². The molecule has 1 aliphatic rings. The molecule has 2 rings (SSSR count). The molecule has 1 heterocycles. The van der Waals surface area contributed by atoms with Crippen molar-refractivity contribution in [2.45, 2.75) is 12.8 Å². The number of likely N-dealkylation sites (tertiary alicyclic amines) is 1. The van der Waals surface area contributed by atoms with Crippen LogP contribution in [-0.2, 0) is 0 Å². The Labute approximate surface area is 121 Å². The Kier molecular flexibility index (Phi) is 4.74. The first-order valence-electron chi connectivity index (χ1n) is 6.71. The zero-order valence-corrected chi connectivity index (χ0v) is 11.4. The number of amides is 2. The standard InChI is InChI=1S/C14H17FN2O4/c15-12-7-10(1-2-11(12)13(19)20)16-14(21)17-5-3-9(8-17)4-6-18/h1-2,7,9,18H,3-6,8H2,(H,16,21)(H,19,20). The SMILES string of the molecule is O=C(O)c1ccc(NC(=O)N2CCC(CCO)C2)cc1F. The van der Waals surface area contributed by atoms with E-state index in [1.165, 1.54) is 6.07 Å². The zero-order valence-electron chi connectivity index (χ0n) is 11.4. The second kappa shape index (κ2) is 6.53. The molecule has 21 heavy (non-hydrogen) atoms. The zero-order chi connectivity index (χ0) is 15.4. The molecule has 0 radical (unpaired) electrons. The highest BCUT2D eigenvalue weighted by molar-refractivity contribution is 5.92. The number of aromatic carboxylic acids is 1. The van der Waals surface area contributed by atoms with Gasteiger partial charge in [0.25, 0.3) is 0 Å². The van der Waals surface area contributed by atoms with E-state index in [1.54, 1.807) is 4.90 Å². The van der Waals surface area contributed by atoms with Gasteiger partial charge in [-0.25, -0.2) is 14.0 Å². The van der Waals surface area contributed by atoms with E-state index in [4.69, 9.17) is 10.2 Å². The van der Waals surface area contributed by atoms with E-state index in [0.29, 0.717) is 19.5 Å². The van der Waals surface area contributed by atoms with Crippen LogP contribution in [0, 0.1) is 11.7 Å². The highest BCUT2D eigenvalue weighted by atomic mass is 19.1. The number of halogens is 1. The molecule has 0 aromatic heterocycles. The summed E-state index contributed by atoms with van der Waals surface area (Å²) in [5, 5.41) is 20.2. The van der Waals surface area contributed by atoms with Crippen molar-refractivity contribution in [2.24, 2.45) is 5.92 Å². The van der Waals surface area contributed by atoms with E-state index in [0.717, 1.165) is 18.6 Å². The van der Waals surface area contributed by atoms with E-state index >= 15 is 0 Å². The number of aliphatic hydroxyl groups is 1. The first-order valence-corrected chi connectivity index (χ1v) is 6.71. The number of urea groups is 1. The molecule has 7 heteroatoms. The molecule has 1 unspecified atom stereocenters. The molecule has 1 fully saturated rings. The van der Waals surface area contributed by atoms with Gasteiger partial charge in [-0.2, -0.15) is 0 Å². The van der Waals surface area contributed by atoms with E-state index < -0.39 is 17.3 Å². The van der Waals surface area contributed by atoms with Crippen LogP contribution in [0.2, 0.25) is 0 Å². The molecule has 1 atom stereocenters. The number of benzene rings is 1. The summed E-state index contributed by atoms with van der Waals surface area (Å²) < 4.78 is 13.5. The smallest absolute Gasteiger partial charge is 0.338 e. The second-order valence-corrected chi connectivity index (χ2v) is 5.04. The third kappa shape index (κ3) is 3.69. The number of hydrogen-bond donors (Lipinski definition) is 3. The summed E-state index contributed by atoms with van der Waals surface area (Å²) in [6.45, 7) is 1.25. The van der Waals surface area contributed by atoms with Crippen LogP contribution < -0.4 is 5.32 Å². The lowest BCUT2D eigenvalue weighted by Gasteiger charge is -2.17. The lowest BCUT2D eigenvalue weighted by atomic mass is 10.1. The Morgan fingerprint density at radius 1 is 1.43 bits per heavy atom. The van der Waals surface area contributed by atoms with Crippen LogP contribution in [0.3, 0.4) is 0 Å². The molecule has 0 bridgehead atoms. The van der Waals surface area contributed by atoms with Gasteiger partial charge in [0.05, 0.1) is 5.56 Å². The van der Waals surface area contributed by atoms with Crippen molar-refractivity contribution in [3.63, 3.8) is 0 Å². The summed E-state index contributed by atoms with van der Waals surface area (Å²) in [4.78, 5) is 24.3. The number of anilines is 1. The highest BCUT2D eigenvalue weighted by Gasteiger charge is 2.26. The van der Waals surface area contributed by atoms with Gasteiger partial charge in [0.1, 0.15) is 5.82 Å². The Morgan fingerprint density at radius 2 is 2.19 bits per heavy atom. The van der Waals surface area contributed by atoms with E-state index in [-0.39, 0.29) is 24.2 Å². The van der Waals surface area contributed by atoms with Crippen LogP contribution in [0.15, 0.2) is 18.2 Å². The van der Waals surface area contributed by atoms with E-state index in [1.807, 2.05) is 0 Å². The summed E-state index contributed by atoms with van der Waals surface area (Å²) in [6, 6.07) is 3.11. The quantitative estimate of drug-likeness (QED) is 0.789. The highest BCUT2D eigenvalue weighted by Crippen LogP contribution is 2.21. The van der Waals surface area contributed by atoms with Gasteiger partial charge >= 0.3 is 12.0 Å². The minimum atomic E-state index is -1.35. The molecule has 3 N–H and O–H groups in total. The molecule has 2 amide bonds. The van der Waals surface area contributed by atoms with E-state index in [9.17, 15) is 14.0 Å². The van der Waals surface area contributed by atoms with Gasteiger partial charge in [-0.1, -0.05) is 0 Å². The predicted molar refractivity (Wildman–Crippen MR) is 73.8 cm³/mol. The molecule has 0 saturated carbocycles. The Morgan fingerprint density at radius 3 is 2.81 bits per heavy atom. The van der Waals surface area contributed by atoms with Gasteiger partial charge in [0.2, 0.25) is 0 Å². The Bertz CT molecular complexity index is 550. The molecule has 1 aromatic carbocycles. The average Bonchev–Trinajstić information content (AvgIpc) is 2.87. The first kappa shape index (κ1) is 15.2. The van der Waals surface area contributed by atoms with Gasteiger partial charge in [0, 0.05) is 25.4 Å². The number of carboxylic acids is 1. The van der Waals surface area contributed by atoms with Crippen molar-refractivity contribution in [1.82, 2.24) is 4.90 Å². The van der Waals surface area contributed by atoms with Crippen LogP contribution in [0.1, 0.15) is 23.2 Å². The maximum Gasteiger partial charge on any atom is 0.338 e. The molecule has 1 aliphatic heterocycles. The number of carboxylic acid groups (broad SMARTS) is 1. The lowest BCUT2D eigenvalue weighted by molar-refractivity contribution is 0.0692. The van der Waals surface area contributed by atoms with Gasteiger partial charge in [-0.05, 0) is 37.0 Å².